The van der Waals surface area contributed by atoms with Crippen molar-refractivity contribution in [1.82, 2.24) is 9.97 Å². The highest BCUT2D eigenvalue weighted by Gasteiger charge is 2.38. The Bertz CT molecular complexity index is 1060. The number of amides is 1. The maximum absolute atomic E-state index is 12.7. The normalized spacial score (nSPS) is 19.2. The molecule has 3 rings (SSSR count). The first-order chi connectivity index (χ1) is 12.2. The van der Waals surface area contributed by atoms with E-state index in [1.165, 1.54) is 24.5 Å². The minimum absolute atomic E-state index is 0.0344. The van der Waals surface area contributed by atoms with Crippen LogP contribution in [0.15, 0.2) is 41.6 Å². The molecule has 0 bridgehead atoms. The lowest BCUT2D eigenvalue weighted by Crippen LogP contribution is -2.23. The number of sulfone groups is 2. The van der Waals surface area contributed by atoms with Crippen LogP contribution in [0.2, 0.25) is 5.02 Å². The highest BCUT2D eigenvalue weighted by atomic mass is 35.5. The van der Waals surface area contributed by atoms with Gasteiger partial charge in [0.15, 0.2) is 19.7 Å². The summed E-state index contributed by atoms with van der Waals surface area (Å²) in [4.78, 5) is 19.9. The minimum Gasteiger partial charge on any atom is -0.290 e. The van der Waals surface area contributed by atoms with Crippen molar-refractivity contribution in [3.05, 3.63) is 47.2 Å². The Labute approximate surface area is 155 Å². The van der Waals surface area contributed by atoms with Gasteiger partial charge in [-0.15, -0.1) is 0 Å². The molecular weight excluding hydrogens is 402 g/mol. The van der Waals surface area contributed by atoms with Crippen molar-refractivity contribution in [3.63, 3.8) is 0 Å². The number of aromatic nitrogens is 2. The van der Waals surface area contributed by atoms with Crippen LogP contribution in [0.25, 0.3) is 0 Å². The third-order valence-electron chi connectivity index (χ3n) is 3.93. The SMILES string of the molecule is O=C(Nc1ncccn1)c1cc(S(=O)(=O)C2CCS(=O)(=O)C2)ccc1Cl. The van der Waals surface area contributed by atoms with E-state index in [-0.39, 0.29) is 33.6 Å². The summed E-state index contributed by atoms with van der Waals surface area (Å²) in [6, 6.07) is 5.27. The van der Waals surface area contributed by atoms with Crippen molar-refractivity contribution in [3.8, 4) is 0 Å². The summed E-state index contributed by atoms with van der Waals surface area (Å²) < 4.78 is 48.6. The first-order valence-corrected chi connectivity index (χ1v) is 11.3. The van der Waals surface area contributed by atoms with E-state index in [4.69, 9.17) is 11.6 Å². The molecule has 0 spiro atoms. The minimum atomic E-state index is -3.90. The average molecular weight is 416 g/mol. The molecule has 2 aromatic rings. The van der Waals surface area contributed by atoms with Crippen molar-refractivity contribution in [2.45, 2.75) is 16.6 Å². The molecule has 1 atom stereocenters. The number of carbonyl (C=O) groups excluding carboxylic acids is 1. The van der Waals surface area contributed by atoms with Gasteiger partial charge in [0, 0.05) is 12.4 Å². The second kappa shape index (κ2) is 6.93. The zero-order valence-electron chi connectivity index (χ0n) is 13.3. The Hall–Kier alpha value is -2.04. The molecular formula is C15H14ClN3O5S2. The van der Waals surface area contributed by atoms with Crippen molar-refractivity contribution in [1.29, 1.82) is 0 Å². The zero-order valence-corrected chi connectivity index (χ0v) is 15.7. The number of nitrogens with one attached hydrogen (secondary N) is 1. The van der Waals surface area contributed by atoms with Gasteiger partial charge in [-0.25, -0.2) is 26.8 Å². The van der Waals surface area contributed by atoms with E-state index in [0.717, 1.165) is 6.07 Å². The Balaban J connectivity index is 1.91. The molecule has 8 nitrogen and oxygen atoms in total. The summed E-state index contributed by atoms with van der Waals surface area (Å²) in [6.45, 7) is 0. The summed E-state index contributed by atoms with van der Waals surface area (Å²) in [5.41, 5.74) is -0.0685. The summed E-state index contributed by atoms with van der Waals surface area (Å²) in [7, 11) is -7.27. The van der Waals surface area contributed by atoms with E-state index in [1.807, 2.05) is 0 Å². The van der Waals surface area contributed by atoms with Crippen molar-refractivity contribution >= 4 is 43.1 Å². The van der Waals surface area contributed by atoms with E-state index in [9.17, 15) is 21.6 Å². The lowest BCUT2D eigenvalue weighted by atomic mass is 10.2. The molecule has 1 aromatic carbocycles. The van der Waals surface area contributed by atoms with Crippen LogP contribution in [0.4, 0.5) is 5.95 Å². The first kappa shape index (κ1) is 18.7. The fraction of sp³-hybridized carbons (Fsp3) is 0.267. The summed E-state index contributed by atoms with van der Waals surface area (Å²) in [5, 5.41) is 1.45. The maximum Gasteiger partial charge on any atom is 0.259 e. The molecule has 0 radical (unpaired) electrons. The van der Waals surface area contributed by atoms with Crippen LogP contribution in [0.5, 0.6) is 0 Å². The van der Waals surface area contributed by atoms with Gasteiger partial charge >= 0.3 is 0 Å². The predicted octanol–water partition coefficient (Wildman–Crippen LogP) is 1.34. The molecule has 0 saturated carbocycles. The van der Waals surface area contributed by atoms with Gasteiger partial charge in [-0.05, 0) is 30.7 Å². The number of carbonyl (C=O) groups is 1. The largest absolute Gasteiger partial charge is 0.290 e. The molecule has 138 valence electrons. The first-order valence-electron chi connectivity index (χ1n) is 7.51. The topological polar surface area (TPSA) is 123 Å². The second-order valence-electron chi connectivity index (χ2n) is 5.74. The Kier molecular flexibility index (Phi) is 5.00. The van der Waals surface area contributed by atoms with Crippen molar-refractivity contribution in [2.24, 2.45) is 0 Å². The van der Waals surface area contributed by atoms with Gasteiger partial charge < -0.3 is 0 Å². The number of hydrogen-bond donors (Lipinski definition) is 1. The van der Waals surface area contributed by atoms with Crippen LogP contribution in [0.1, 0.15) is 16.8 Å². The molecule has 2 heterocycles. The molecule has 1 saturated heterocycles. The molecule has 11 heteroatoms. The smallest absolute Gasteiger partial charge is 0.259 e. The molecule has 1 unspecified atom stereocenters. The van der Waals surface area contributed by atoms with Gasteiger partial charge in [0.25, 0.3) is 5.91 Å². The summed E-state index contributed by atoms with van der Waals surface area (Å²) >= 11 is 6.02. The van der Waals surface area contributed by atoms with Gasteiger partial charge in [-0.2, -0.15) is 0 Å². The maximum atomic E-state index is 12.7. The van der Waals surface area contributed by atoms with E-state index in [0.29, 0.717) is 0 Å². The molecule has 1 fully saturated rings. The molecule has 1 amide bonds. The molecule has 1 N–H and O–H groups in total. The third kappa shape index (κ3) is 3.87. The van der Waals surface area contributed by atoms with Crippen LogP contribution >= 0.6 is 11.6 Å². The monoisotopic (exact) mass is 415 g/mol. The lowest BCUT2D eigenvalue weighted by molar-refractivity contribution is 0.102. The van der Waals surface area contributed by atoms with E-state index < -0.39 is 36.6 Å². The van der Waals surface area contributed by atoms with Crippen LogP contribution < -0.4 is 5.32 Å². The van der Waals surface area contributed by atoms with Crippen LogP contribution in [-0.4, -0.2) is 49.5 Å². The fourth-order valence-corrected chi connectivity index (χ4v) is 7.17. The number of anilines is 1. The fourth-order valence-electron chi connectivity index (χ4n) is 2.59. The third-order valence-corrected chi connectivity index (χ3v) is 8.43. The zero-order chi connectivity index (χ0) is 18.9. The highest BCUT2D eigenvalue weighted by molar-refractivity contribution is 7.96. The van der Waals surface area contributed by atoms with Gasteiger partial charge in [0.2, 0.25) is 5.95 Å². The van der Waals surface area contributed by atoms with Gasteiger partial charge in [0.1, 0.15) is 0 Å². The average Bonchev–Trinajstić information content (AvgIpc) is 2.96. The number of rotatable bonds is 4. The predicted molar refractivity (Wildman–Crippen MR) is 95.7 cm³/mol. The molecule has 26 heavy (non-hydrogen) atoms. The Morgan fingerprint density at radius 3 is 2.54 bits per heavy atom. The van der Waals surface area contributed by atoms with Gasteiger partial charge in [0.05, 0.1) is 32.2 Å². The van der Waals surface area contributed by atoms with Crippen molar-refractivity contribution in [2.75, 3.05) is 16.8 Å². The molecule has 0 aliphatic carbocycles. The van der Waals surface area contributed by atoms with Gasteiger partial charge in [-0.1, -0.05) is 11.6 Å². The highest BCUT2D eigenvalue weighted by Crippen LogP contribution is 2.28. The van der Waals surface area contributed by atoms with E-state index in [1.54, 1.807) is 6.07 Å². The van der Waals surface area contributed by atoms with Crippen molar-refractivity contribution < 1.29 is 21.6 Å². The Morgan fingerprint density at radius 1 is 1.23 bits per heavy atom. The van der Waals surface area contributed by atoms with E-state index >= 15 is 0 Å². The van der Waals surface area contributed by atoms with E-state index in [2.05, 4.69) is 15.3 Å². The number of nitrogens with zero attached hydrogens (tertiary/aromatic N) is 2. The number of hydrogen-bond acceptors (Lipinski definition) is 7. The van der Waals surface area contributed by atoms with Gasteiger partial charge in [-0.3, -0.25) is 10.1 Å². The number of benzene rings is 1. The summed E-state index contributed by atoms with van der Waals surface area (Å²) in [5.74, 6) is -1.21. The standard InChI is InChI=1S/C15H14ClN3O5S2/c16-13-3-2-10(26(23,24)11-4-7-25(21,22)9-11)8-12(13)14(20)19-15-17-5-1-6-18-15/h1-3,5-6,8,11H,4,7,9H2,(H,17,18,19,20). The van der Waals surface area contributed by atoms with Crippen LogP contribution in [-0.2, 0) is 19.7 Å². The molecule has 1 aromatic heterocycles. The van der Waals surface area contributed by atoms with Crippen LogP contribution in [0, 0.1) is 0 Å². The number of halogens is 1. The van der Waals surface area contributed by atoms with Crippen LogP contribution in [0.3, 0.4) is 0 Å². The molecule has 1 aliphatic rings. The lowest BCUT2D eigenvalue weighted by Gasteiger charge is -2.12. The quantitative estimate of drug-likeness (QED) is 0.799. The second-order valence-corrected chi connectivity index (χ2v) is 10.6. The molecule has 1 aliphatic heterocycles. The Morgan fingerprint density at radius 2 is 1.92 bits per heavy atom. The summed E-state index contributed by atoms with van der Waals surface area (Å²) in [6.07, 6.45) is 2.91.